The van der Waals surface area contributed by atoms with Crippen molar-refractivity contribution in [3.8, 4) is 0 Å². The van der Waals surface area contributed by atoms with Gasteiger partial charge in [-0.2, -0.15) is 5.92 Å². The van der Waals surface area contributed by atoms with Gasteiger partial charge in [-0.25, -0.2) is 0 Å². The van der Waals surface area contributed by atoms with Crippen LogP contribution < -0.4 is 0 Å². The molecule has 0 aromatic carbocycles. The average Bonchev–Trinajstić information content (AvgIpc) is 1.38. The van der Waals surface area contributed by atoms with Crippen LogP contribution in [0.1, 0.15) is 30.0 Å². The van der Waals surface area contributed by atoms with Crippen LogP contribution in [0.3, 0.4) is 0 Å². The third kappa shape index (κ3) is 310. The van der Waals surface area contributed by atoms with Crippen LogP contribution >= 0.6 is 0 Å². The quantitative estimate of drug-likeness (QED) is 0.596. The van der Waals surface area contributed by atoms with E-state index in [1.807, 2.05) is 6.92 Å². The van der Waals surface area contributed by atoms with Gasteiger partial charge in [-0.1, -0.05) is 28.7 Å². The molecule has 0 amide bonds. The molecule has 0 aromatic rings. The summed E-state index contributed by atoms with van der Waals surface area (Å²) in [5, 5.41) is 0. The smallest absolute Gasteiger partial charge is 0.0206 e. The van der Waals surface area contributed by atoms with Crippen molar-refractivity contribution in [1.29, 1.82) is 0 Å². The second-order valence-electron chi connectivity index (χ2n) is 1.11. The van der Waals surface area contributed by atoms with Crippen LogP contribution in [0.5, 0.6) is 0 Å². The van der Waals surface area contributed by atoms with Crippen molar-refractivity contribution in [2.24, 2.45) is 5.92 Å². The molecular formula is C6H17W-. The fourth-order valence-electron chi connectivity index (χ4n) is 0. The van der Waals surface area contributed by atoms with Gasteiger partial charge >= 0.3 is 0 Å². The summed E-state index contributed by atoms with van der Waals surface area (Å²) in [6, 6.07) is 0. The van der Waals surface area contributed by atoms with Crippen molar-refractivity contribution in [3.05, 3.63) is 6.92 Å². The molecule has 0 aromatic heterocycles. The zero-order chi connectivity index (χ0) is 4.28. The SMILES string of the molecule is C.C.[3H]CC([CH2-])C.[W]. The molecule has 0 heterocycles. The predicted molar refractivity (Wildman–Crippen MR) is 33.7 cm³/mol. The Morgan fingerprint density at radius 1 is 1.57 bits per heavy atom. The van der Waals surface area contributed by atoms with Crippen molar-refractivity contribution in [1.82, 2.24) is 0 Å². The standard InChI is InChI=1S/C4H9.2CH4.W/c1-4(2)3;;;/h4H,1H2,2-3H3;2*1H4;/q-1;;;/i2T;;;. The minimum Gasteiger partial charge on any atom is -0.341 e. The third-order valence-electron chi connectivity index (χ3n) is 0. The van der Waals surface area contributed by atoms with Crippen LogP contribution in [-0.2, 0) is 21.1 Å². The molecular weight excluding hydrogens is 256 g/mol. The fraction of sp³-hybridized carbons (Fsp3) is 0.833. The van der Waals surface area contributed by atoms with Crippen LogP contribution in [0, 0.1) is 12.8 Å². The van der Waals surface area contributed by atoms with Gasteiger partial charge in [0.2, 0.25) is 0 Å². The fourth-order valence-corrected chi connectivity index (χ4v) is 0. The molecule has 7 heavy (non-hydrogen) atoms. The van der Waals surface area contributed by atoms with E-state index < -0.39 is 0 Å². The minimum atomic E-state index is 0. The van der Waals surface area contributed by atoms with E-state index in [9.17, 15) is 0 Å². The molecule has 0 spiro atoms. The second-order valence-corrected chi connectivity index (χ2v) is 1.11. The molecule has 0 N–H and O–H groups in total. The van der Waals surface area contributed by atoms with Crippen LogP contribution in [0.15, 0.2) is 0 Å². The Balaban J connectivity index is -0.0000000267. The molecule has 0 bridgehead atoms. The molecule has 0 saturated carbocycles. The van der Waals surface area contributed by atoms with Crippen LogP contribution in [0.2, 0.25) is 0 Å². The first-order valence-electron chi connectivity index (χ1n) is 2.10. The van der Waals surface area contributed by atoms with Gasteiger partial charge < -0.3 is 6.92 Å². The van der Waals surface area contributed by atoms with Crippen molar-refractivity contribution in [2.75, 3.05) is 0 Å². The molecule has 1 heteroatoms. The van der Waals surface area contributed by atoms with Crippen molar-refractivity contribution < 1.29 is 22.4 Å². The number of hydrogen-bond donors (Lipinski definition) is 0. The van der Waals surface area contributed by atoms with Gasteiger partial charge in [-0.15, -0.1) is 0 Å². The molecule has 0 fully saturated rings. The third-order valence-corrected chi connectivity index (χ3v) is 0. The van der Waals surface area contributed by atoms with E-state index >= 15 is 0 Å². The van der Waals surface area contributed by atoms with Crippen LogP contribution in [-0.4, -0.2) is 0 Å². The van der Waals surface area contributed by atoms with E-state index in [1.165, 1.54) is 0 Å². The van der Waals surface area contributed by atoms with E-state index in [1.54, 1.807) is 0 Å². The largest absolute Gasteiger partial charge is 0.341 e. The summed E-state index contributed by atoms with van der Waals surface area (Å²) in [4.78, 5) is 0. The molecule has 0 rings (SSSR count). The van der Waals surface area contributed by atoms with E-state index in [2.05, 4.69) is 6.92 Å². The Morgan fingerprint density at radius 2 is 1.71 bits per heavy atom. The van der Waals surface area contributed by atoms with E-state index in [4.69, 9.17) is 1.37 Å². The first kappa shape index (κ1) is 15.6. The molecule has 1 unspecified atom stereocenters. The number of rotatable bonds is 0. The van der Waals surface area contributed by atoms with Gasteiger partial charge in [-0.3, -0.25) is 0 Å². The Hall–Kier alpha value is 0.688. The van der Waals surface area contributed by atoms with Gasteiger partial charge in [0.25, 0.3) is 0 Å². The Kier molecular flexibility index (Phi) is 35.6. The summed E-state index contributed by atoms with van der Waals surface area (Å²) in [7, 11) is 0. The van der Waals surface area contributed by atoms with Crippen LogP contribution in [0.4, 0.5) is 0 Å². The van der Waals surface area contributed by atoms with Gasteiger partial charge in [0.15, 0.2) is 0 Å². The zero-order valence-electron chi connectivity index (χ0n) is 4.40. The second kappa shape index (κ2) is 15.9. The maximum Gasteiger partial charge on any atom is 0.0206 e. The molecule has 0 aliphatic rings. The Morgan fingerprint density at radius 3 is 1.71 bits per heavy atom. The molecule has 48 valence electrons. The van der Waals surface area contributed by atoms with E-state index in [0.717, 1.165) is 0 Å². The molecule has 0 aliphatic heterocycles. The van der Waals surface area contributed by atoms with Gasteiger partial charge in [0.1, 0.15) is 0 Å². The Labute approximate surface area is 64.4 Å². The molecule has 1 atom stereocenters. The summed E-state index contributed by atoms with van der Waals surface area (Å²) in [5.41, 5.74) is 0. The van der Waals surface area contributed by atoms with Crippen molar-refractivity contribution in [2.45, 2.75) is 28.7 Å². The first-order valence-corrected chi connectivity index (χ1v) is 1.39. The van der Waals surface area contributed by atoms with E-state index in [-0.39, 0.29) is 35.9 Å². The predicted octanol–water partition coefficient (Wildman–Crippen LogP) is 2.75. The molecule has 0 aliphatic carbocycles. The summed E-state index contributed by atoms with van der Waals surface area (Å²) in [5.74, 6) is 0.301. The Bertz CT molecular complexity index is 22.5. The summed E-state index contributed by atoms with van der Waals surface area (Å²) >= 11 is 0. The number of hydrogen-bond acceptors (Lipinski definition) is 0. The van der Waals surface area contributed by atoms with Crippen molar-refractivity contribution in [3.63, 3.8) is 0 Å². The molecule has 0 radical (unpaired) electrons. The molecule has 0 nitrogen and oxygen atoms in total. The summed E-state index contributed by atoms with van der Waals surface area (Å²) in [6.45, 7) is 5.94. The van der Waals surface area contributed by atoms with Gasteiger partial charge in [0, 0.05) is 22.4 Å². The zero-order valence-corrected chi connectivity index (χ0v) is 6.33. The van der Waals surface area contributed by atoms with Gasteiger partial charge in [0.05, 0.1) is 0 Å². The summed E-state index contributed by atoms with van der Waals surface area (Å²) < 4.78 is 6.59. The van der Waals surface area contributed by atoms with E-state index in [0.29, 0.717) is 12.8 Å². The minimum absolute atomic E-state index is 0. The average molecular weight is 275 g/mol. The van der Waals surface area contributed by atoms with Crippen molar-refractivity contribution >= 4 is 0 Å². The summed E-state index contributed by atoms with van der Waals surface area (Å²) in [6.07, 6.45) is 0. The van der Waals surface area contributed by atoms with Gasteiger partial charge in [-0.05, 0) is 0 Å². The molecule has 0 saturated heterocycles. The monoisotopic (exact) mass is 275 g/mol. The normalized spacial score (nSPS) is 10.9. The maximum atomic E-state index is 6.59. The van der Waals surface area contributed by atoms with Crippen LogP contribution in [0.25, 0.3) is 0 Å². The topological polar surface area (TPSA) is 0 Å². The maximum absolute atomic E-state index is 6.59. The first-order chi connectivity index (χ1) is 2.27.